The van der Waals surface area contributed by atoms with Crippen LogP contribution in [-0.4, -0.2) is 42.0 Å². The van der Waals surface area contributed by atoms with Gasteiger partial charge in [0.2, 0.25) is 5.95 Å². The third kappa shape index (κ3) is 3.80. The van der Waals surface area contributed by atoms with Crippen molar-refractivity contribution in [3.8, 4) is 17.0 Å². The highest BCUT2D eigenvalue weighted by Gasteiger charge is 2.16. The molecule has 1 heterocycles. The van der Waals surface area contributed by atoms with Crippen LogP contribution in [-0.2, 0) is 0 Å². The Labute approximate surface area is 152 Å². The van der Waals surface area contributed by atoms with Crippen molar-refractivity contribution >= 4 is 17.5 Å². The summed E-state index contributed by atoms with van der Waals surface area (Å²) < 4.78 is 5.32. The number of nitrogens with zero attached hydrogens (tertiary/aromatic N) is 3. The predicted molar refractivity (Wildman–Crippen MR) is 102 cm³/mol. The number of carbonyl (C=O) groups is 1. The lowest BCUT2D eigenvalue weighted by atomic mass is 10.1. The van der Waals surface area contributed by atoms with Crippen molar-refractivity contribution in [1.29, 1.82) is 0 Å². The Balaban J connectivity index is 1.95. The van der Waals surface area contributed by atoms with Crippen LogP contribution in [0, 0.1) is 0 Å². The smallest absolute Gasteiger partial charge is 0.257 e. The zero-order valence-corrected chi connectivity index (χ0v) is 14.9. The van der Waals surface area contributed by atoms with Gasteiger partial charge in [0, 0.05) is 31.5 Å². The second-order valence-electron chi connectivity index (χ2n) is 5.87. The first kappa shape index (κ1) is 17.4. The van der Waals surface area contributed by atoms with Gasteiger partial charge in [0.05, 0.1) is 18.4 Å². The third-order valence-electron chi connectivity index (χ3n) is 3.82. The average molecular weight is 348 g/mol. The summed E-state index contributed by atoms with van der Waals surface area (Å²) >= 11 is 0. The molecule has 0 aliphatic heterocycles. The molecule has 0 spiro atoms. The van der Waals surface area contributed by atoms with Crippen molar-refractivity contribution in [2.75, 3.05) is 26.5 Å². The second kappa shape index (κ2) is 7.65. The summed E-state index contributed by atoms with van der Waals surface area (Å²) in [6.07, 6.45) is 1.69. The number of rotatable bonds is 5. The number of hydrogen-bond acceptors (Lipinski definition) is 5. The van der Waals surface area contributed by atoms with E-state index in [1.54, 1.807) is 39.5 Å². The number of methoxy groups -OCH3 is 1. The van der Waals surface area contributed by atoms with Crippen molar-refractivity contribution in [2.24, 2.45) is 0 Å². The van der Waals surface area contributed by atoms with E-state index in [-0.39, 0.29) is 5.91 Å². The minimum Gasteiger partial charge on any atom is -0.496 e. The molecular formula is C20H20N4O2. The lowest BCUT2D eigenvalue weighted by Gasteiger charge is -2.14. The molecule has 2 aromatic carbocycles. The first-order valence-electron chi connectivity index (χ1n) is 8.13. The number of carbonyl (C=O) groups excluding carboxylic acids is 1. The van der Waals surface area contributed by atoms with Crippen molar-refractivity contribution < 1.29 is 9.53 Å². The molecule has 26 heavy (non-hydrogen) atoms. The maximum absolute atomic E-state index is 12.4. The summed E-state index contributed by atoms with van der Waals surface area (Å²) in [5, 5.41) is 3.17. The normalized spacial score (nSPS) is 10.3. The van der Waals surface area contributed by atoms with E-state index < -0.39 is 0 Å². The van der Waals surface area contributed by atoms with E-state index in [4.69, 9.17) is 4.74 Å². The molecule has 0 saturated heterocycles. The maximum atomic E-state index is 12.4. The number of amides is 1. The number of para-hydroxylation sites is 1. The van der Waals surface area contributed by atoms with Crippen LogP contribution in [0.4, 0.5) is 11.6 Å². The Morgan fingerprint density at radius 3 is 2.54 bits per heavy atom. The monoisotopic (exact) mass is 348 g/mol. The Morgan fingerprint density at radius 1 is 1.08 bits per heavy atom. The molecule has 3 rings (SSSR count). The molecule has 0 radical (unpaired) electrons. The van der Waals surface area contributed by atoms with Crippen LogP contribution in [0.2, 0.25) is 0 Å². The fraction of sp³-hybridized carbons (Fsp3) is 0.150. The molecule has 0 bridgehead atoms. The quantitative estimate of drug-likeness (QED) is 0.763. The number of ether oxygens (including phenoxy) is 1. The predicted octanol–water partition coefficient (Wildman–Crippen LogP) is 3.60. The largest absolute Gasteiger partial charge is 0.496 e. The molecule has 6 heteroatoms. The van der Waals surface area contributed by atoms with Crippen LogP contribution in [0.25, 0.3) is 11.3 Å². The minimum atomic E-state index is -0.125. The highest BCUT2D eigenvalue weighted by Crippen LogP contribution is 2.27. The van der Waals surface area contributed by atoms with E-state index in [1.165, 1.54) is 4.90 Å². The van der Waals surface area contributed by atoms with Crippen LogP contribution >= 0.6 is 0 Å². The molecule has 1 N–H and O–H groups in total. The maximum Gasteiger partial charge on any atom is 0.257 e. The van der Waals surface area contributed by atoms with Crippen LogP contribution in [0.1, 0.15) is 10.4 Å². The van der Waals surface area contributed by atoms with E-state index in [1.807, 2.05) is 42.5 Å². The standard InChI is InChI=1S/C20H20N4O2/c1-24(2)19(25)16-13-14(9-10-18(16)26-3)17-11-12-21-20(23-17)22-15-7-5-4-6-8-15/h4-13H,1-3H3,(H,21,22,23). The highest BCUT2D eigenvalue weighted by molar-refractivity contribution is 5.97. The summed E-state index contributed by atoms with van der Waals surface area (Å²) in [6, 6.07) is 17.0. The fourth-order valence-electron chi connectivity index (χ4n) is 2.51. The van der Waals surface area contributed by atoms with Gasteiger partial charge in [0.15, 0.2) is 0 Å². The van der Waals surface area contributed by atoms with Gasteiger partial charge in [0.1, 0.15) is 5.75 Å². The van der Waals surface area contributed by atoms with Gasteiger partial charge in [-0.05, 0) is 36.4 Å². The summed E-state index contributed by atoms with van der Waals surface area (Å²) in [5.41, 5.74) is 2.93. The van der Waals surface area contributed by atoms with Gasteiger partial charge in [-0.1, -0.05) is 18.2 Å². The lowest BCUT2D eigenvalue weighted by Crippen LogP contribution is -2.22. The van der Waals surface area contributed by atoms with Gasteiger partial charge in [-0.25, -0.2) is 9.97 Å². The van der Waals surface area contributed by atoms with Crippen molar-refractivity contribution in [1.82, 2.24) is 14.9 Å². The van der Waals surface area contributed by atoms with Gasteiger partial charge in [0.25, 0.3) is 5.91 Å². The molecule has 0 fully saturated rings. The van der Waals surface area contributed by atoms with Gasteiger partial charge in [-0.15, -0.1) is 0 Å². The van der Waals surface area contributed by atoms with Crippen LogP contribution in [0.3, 0.4) is 0 Å². The summed E-state index contributed by atoms with van der Waals surface area (Å²) in [4.78, 5) is 22.7. The van der Waals surface area contributed by atoms with Crippen molar-refractivity contribution in [3.63, 3.8) is 0 Å². The second-order valence-corrected chi connectivity index (χ2v) is 5.87. The zero-order valence-electron chi connectivity index (χ0n) is 14.9. The molecule has 0 unspecified atom stereocenters. The van der Waals surface area contributed by atoms with Crippen LogP contribution in [0.15, 0.2) is 60.8 Å². The van der Waals surface area contributed by atoms with E-state index in [0.717, 1.165) is 11.3 Å². The number of nitrogens with one attached hydrogen (secondary N) is 1. The Morgan fingerprint density at radius 2 is 1.85 bits per heavy atom. The van der Waals surface area contributed by atoms with Gasteiger partial charge >= 0.3 is 0 Å². The van der Waals surface area contributed by atoms with E-state index in [0.29, 0.717) is 23.0 Å². The molecule has 0 atom stereocenters. The molecule has 1 aromatic heterocycles. The fourth-order valence-corrected chi connectivity index (χ4v) is 2.51. The number of aromatic nitrogens is 2. The molecule has 3 aromatic rings. The summed E-state index contributed by atoms with van der Waals surface area (Å²) in [7, 11) is 4.97. The third-order valence-corrected chi connectivity index (χ3v) is 3.82. The Bertz CT molecular complexity index is 911. The van der Waals surface area contributed by atoms with E-state index in [9.17, 15) is 4.79 Å². The van der Waals surface area contributed by atoms with Gasteiger partial charge < -0.3 is 15.0 Å². The SMILES string of the molecule is COc1ccc(-c2ccnc(Nc3ccccc3)n2)cc1C(=O)N(C)C. The van der Waals surface area contributed by atoms with Gasteiger partial charge in [-0.2, -0.15) is 0 Å². The molecule has 0 saturated carbocycles. The molecule has 1 amide bonds. The lowest BCUT2D eigenvalue weighted by molar-refractivity contribution is 0.0824. The Kier molecular flexibility index (Phi) is 5.12. The first-order chi connectivity index (χ1) is 12.6. The number of hydrogen-bond donors (Lipinski definition) is 1. The van der Waals surface area contributed by atoms with Crippen molar-refractivity contribution in [2.45, 2.75) is 0 Å². The zero-order chi connectivity index (χ0) is 18.5. The van der Waals surface area contributed by atoms with Crippen LogP contribution < -0.4 is 10.1 Å². The van der Waals surface area contributed by atoms with Crippen molar-refractivity contribution in [3.05, 3.63) is 66.4 Å². The molecule has 6 nitrogen and oxygen atoms in total. The topological polar surface area (TPSA) is 67.3 Å². The number of anilines is 2. The van der Waals surface area contributed by atoms with E-state index in [2.05, 4.69) is 15.3 Å². The van der Waals surface area contributed by atoms with Crippen LogP contribution in [0.5, 0.6) is 5.75 Å². The average Bonchev–Trinajstić information content (AvgIpc) is 2.68. The molecule has 0 aliphatic rings. The first-order valence-corrected chi connectivity index (χ1v) is 8.13. The molecular weight excluding hydrogens is 328 g/mol. The number of benzene rings is 2. The highest BCUT2D eigenvalue weighted by atomic mass is 16.5. The minimum absolute atomic E-state index is 0.125. The molecule has 0 aliphatic carbocycles. The molecule has 132 valence electrons. The Hall–Kier alpha value is -3.41. The van der Waals surface area contributed by atoms with E-state index >= 15 is 0 Å². The summed E-state index contributed by atoms with van der Waals surface area (Å²) in [6.45, 7) is 0. The summed E-state index contributed by atoms with van der Waals surface area (Å²) in [5.74, 6) is 0.898. The van der Waals surface area contributed by atoms with Gasteiger partial charge in [-0.3, -0.25) is 4.79 Å².